The van der Waals surface area contributed by atoms with Crippen LogP contribution in [0.2, 0.25) is 0 Å². The monoisotopic (exact) mass is 181 g/mol. The normalized spacial score (nSPS) is 21.8. The fourth-order valence-corrected chi connectivity index (χ4v) is 1.30. The van der Waals surface area contributed by atoms with Crippen molar-refractivity contribution in [2.75, 3.05) is 0 Å². The molecule has 4 nitrogen and oxygen atoms in total. The molecule has 2 fully saturated rings. The molecule has 0 aromatic heterocycles. The van der Waals surface area contributed by atoms with Gasteiger partial charge in [0.05, 0.1) is 0 Å². The molecule has 1 heterocycles. The molecule has 1 saturated carbocycles. The molecule has 0 spiro atoms. The summed E-state index contributed by atoms with van der Waals surface area (Å²) in [5.41, 5.74) is 1.17. The molecule has 2 amide bonds. The Morgan fingerprint density at radius 2 is 1.69 bits per heavy atom. The van der Waals surface area contributed by atoms with Crippen molar-refractivity contribution < 1.29 is 14.4 Å². The van der Waals surface area contributed by atoms with Crippen molar-refractivity contribution in [2.45, 2.75) is 32.1 Å². The minimum Gasteiger partial charge on any atom is -0.377 e. The maximum absolute atomic E-state index is 11.1. The molecular formula is C9H11NO3. The van der Waals surface area contributed by atoms with E-state index in [1.165, 1.54) is 18.3 Å². The van der Waals surface area contributed by atoms with Crippen LogP contribution in [0.1, 0.15) is 32.1 Å². The molecule has 0 aromatic rings. The number of hydroxylamine groups is 2. The van der Waals surface area contributed by atoms with Crippen molar-refractivity contribution in [1.29, 1.82) is 0 Å². The summed E-state index contributed by atoms with van der Waals surface area (Å²) in [6, 6.07) is 0. The first kappa shape index (κ1) is 8.29. The van der Waals surface area contributed by atoms with Gasteiger partial charge < -0.3 is 4.84 Å². The Kier molecular flexibility index (Phi) is 2.04. The van der Waals surface area contributed by atoms with Crippen molar-refractivity contribution >= 4 is 11.8 Å². The van der Waals surface area contributed by atoms with E-state index in [2.05, 4.69) is 0 Å². The Labute approximate surface area is 76.1 Å². The molecular weight excluding hydrogens is 170 g/mol. The molecule has 13 heavy (non-hydrogen) atoms. The van der Waals surface area contributed by atoms with Crippen molar-refractivity contribution in [3.63, 3.8) is 0 Å². The van der Waals surface area contributed by atoms with Gasteiger partial charge in [-0.3, -0.25) is 9.59 Å². The number of carbonyl (C=O) groups is 2. The second-order valence-corrected chi connectivity index (χ2v) is 3.32. The van der Waals surface area contributed by atoms with Gasteiger partial charge in [-0.2, -0.15) is 0 Å². The molecule has 1 aliphatic carbocycles. The lowest BCUT2D eigenvalue weighted by molar-refractivity contribution is -0.173. The smallest absolute Gasteiger partial charge is 0.263 e. The van der Waals surface area contributed by atoms with Gasteiger partial charge in [-0.05, 0) is 24.8 Å². The minimum absolute atomic E-state index is 0.235. The van der Waals surface area contributed by atoms with E-state index in [-0.39, 0.29) is 24.7 Å². The molecule has 0 bridgehead atoms. The first-order valence-corrected chi connectivity index (χ1v) is 4.48. The SMILES string of the molecule is O=C1CCC(=O)N1OC=C1CCC1. The molecule has 0 N–H and O–H groups in total. The van der Waals surface area contributed by atoms with E-state index in [0.29, 0.717) is 0 Å². The quantitative estimate of drug-likeness (QED) is 0.474. The van der Waals surface area contributed by atoms with Gasteiger partial charge in [-0.15, -0.1) is 5.06 Å². The molecule has 0 radical (unpaired) electrons. The molecule has 70 valence electrons. The van der Waals surface area contributed by atoms with Crippen LogP contribution in [0.4, 0.5) is 0 Å². The Morgan fingerprint density at radius 3 is 2.15 bits per heavy atom. The van der Waals surface area contributed by atoms with Gasteiger partial charge in [0.2, 0.25) is 0 Å². The zero-order valence-electron chi connectivity index (χ0n) is 7.28. The van der Waals surface area contributed by atoms with Gasteiger partial charge in [0.25, 0.3) is 11.8 Å². The summed E-state index contributed by atoms with van der Waals surface area (Å²) < 4.78 is 0. The van der Waals surface area contributed by atoms with Crippen LogP contribution in [0.3, 0.4) is 0 Å². The number of carbonyl (C=O) groups excluding carboxylic acids is 2. The zero-order valence-corrected chi connectivity index (χ0v) is 7.28. The summed E-state index contributed by atoms with van der Waals surface area (Å²) in [5, 5.41) is 0.866. The van der Waals surface area contributed by atoms with Gasteiger partial charge in [0.1, 0.15) is 6.26 Å². The third-order valence-electron chi connectivity index (χ3n) is 2.33. The third-order valence-corrected chi connectivity index (χ3v) is 2.33. The van der Waals surface area contributed by atoms with Crippen molar-refractivity contribution in [2.24, 2.45) is 0 Å². The number of rotatable bonds is 2. The second kappa shape index (κ2) is 3.20. The highest BCUT2D eigenvalue weighted by Gasteiger charge is 2.30. The van der Waals surface area contributed by atoms with E-state index < -0.39 is 0 Å². The summed E-state index contributed by atoms with van der Waals surface area (Å²) in [7, 11) is 0. The van der Waals surface area contributed by atoms with Gasteiger partial charge in [-0.25, -0.2) is 0 Å². The fourth-order valence-electron chi connectivity index (χ4n) is 1.30. The lowest BCUT2D eigenvalue weighted by atomic mass is 9.94. The van der Waals surface area contributed by atoms with Crippen LogP contribution in [-0.4, -0.2) is 16.9 Å². The minimum atomic E-state index is -0.235. The van der Waals surface area contributed by atoms with E-state index in [1.807, 2.05) is 0 Å². The summed E-state index contributed by atoms with van der Waals surface area (Å²) in [6.45, 7) is 0. The van der Waals surface area contributed by atoms with Crippen LogP contribution in [0, 0.1) is 0 Å². The maximum atomic E-state index is 11.1. The standard InChI is InChI=1S/C9H11NO3/c11-8-4-5-9(12)10(8)13-6-7-2-1-3-7/h6H,1-5H2. The Morgan fingerprint density at radius 1 is 1.08 bits per heavy atom. The van der Waals surface area contributed by atoms with Crippen molar-refractivity contribution in [3.05, 3.63) is 11.8 Å². The van der Waals surface area contributed by atoms with E-state index in [4.69, 9.17) is 4.84 Å². The van der Waals surface area contributed by atoms with Crippen LogP contribution in [0.5, 0.6) is 0 Å². The maximum Gasteiger partial charge on any atom is 0.263 e. The number of imide groups is 1. The molecule has 0 aromatic carbocycles. The Balaban J connectivity index is 1.92. The average Bonchev–Trinajstić information content (AvgIpc) is 2.32. The van der Waals surface area contributed by atoms with Gasteiger partial charge in [0, 0.05) is 12.8 Å². The Hall–Kier alpha value is -1.32. The second-order valence-electron chi connectivity index (χ2n) is 3.32. The zero-order chi connectivity index (χ0) is 9.26. The number of hydrogen-bond donors (Lipinski definition) is 0. The molecule has 2 rings (SSSR count). The van der Waals surface area contributed by atoms with E-state index in [0.717, 1.165) is 17.9 Å². The first-order chi connectivity index (χ1) is 6.27. The molecule has 1 aliphatic heterocycles. The lowest BCUT2D eigenvalue weighted by Crippen LogP contribution is -2.27. The number of hydrogen-bond acceptors (Lipinski definition) is 3. The number of allylic oxidation sites excluding steroid dienone is 1. The fraction of sp³-hybridized carbons (Fsp3) is 0.556. The lowest BCUT2D eigenvalue weighted by Gasteiger charge is -2.17. The number of nitrogens with zero attached hydrogens (tertiary/aromatic N) is 1. The predicted octanol–water partition coefficient (Wildman–Crippen LogP) is 1.13. The average molecular weight is 181 g/mol. The van der Waals surface area contributed by atoms with Crippen LogP contribution in [0.25, 0.3) is 0 Å². The molecule has 2 aliphatic rings. The topological polar surface area (TPSA) is 46.6 Å². The predicted molar refractivity (Wildman–Crippen MR) is 44.1 cm³/mol. The van der Waals surface area contributed by atoms with Crippen LogP contribution >= 0.6 is 0 Å². The summed E-state index contributed by atoms with van der Waals surface area (Å²) >= 11 is 0. The first-order valence-electron chi connectivity index (χ1n) is 4.48. The van der Waals surface area contributed by atoms with Crippen LogP contribution in [0.15, 0.2) is 11.8 Å². The van der Waals surface area contributed by atoms with Crippen molar-refractivity contribution in [1.82, 2.24) is 5.06 Å². The summed E-state index contributed by atoms with van der Waals surface area (Å²) in [4.78, 5) is 27.1. The van der Waals surface area contributed by atoms with E-state index in [9.17, 15) is 9.59 Å². The van der Waals surface area contributed by atoms with Crippen molar-refractivity contribution in [3.8, 4) is 0 Å². The van der Waals surface area contributed by atoms with Gasteiger partial charge in [-0.1, -0.05) is 0 Å². The van der Waals surface area contributed by atoms with E-state index in [1.54, 1.807) is 0 Å². The molecule has 0 atom stereocenters. The van der Waals surface area contributed by atoms with E-state index >= 15 is 0 Å². The van der Waals surface area contributed by atoms with Gasteiger partial charge in [0.15, 0.2) is 0 Å². The highest BCUT2D eigenvalue weighted by Crippen LogP contribution is 2.25. The highest BCUT2D eigenvalue weighted by molar-refractivity contribution is 6.00. The molecule has 4 heteroatoms. The third kappa shape index (κ3) is 1.56. The Bertz CT molecular complexity index is 261. The van der Waals surface area contributed by atoms with Gasteiger partial charge >= 0.3 is 0 Å². The van der Waals surface area contributed by atoms with Crippen LogP contribution < -0.4 is 0 Å². The summed E-state index contributed by atoms with van der Waals surface area (Å²) in [5.74, 6) is -0.470. The largest absolute Gasteiger partial charge is 0.377 e. The summed E-state index contributed by atoms with van der Waals surface area (Å²) in [6.07, 6.45) is 5.32. The molecule has 1 saturated heterocycles. The van der Waals surface area contributed by atoms with Crippen LogP contribution in [-0.2, 0) is 14.4 Å². The number of amides is 2. The highest BCUT2D eigenvalue weighted by atomic mass is 16.7. The molecule has 0 unspecified atom stereocenters.